The number of aromatic nitrogens is 2. The summed E-state index contributed by atoms with van der Waals surface area (Å²) in [7, 11) is 0. The van der Waals surface area contributed by atoms with Gasteiger partial charge in [0.25, 0.3) is 0 Å². The van der Waals surface area contributed by atoms with Gasteiger partial charge in [-0.3, -0.25) is 0 Å². The Labute approximate surface area is 126 Å². The van der Waals surface area contributed by atoms with E-state index >= 15 is 0 Å². The molecule has 4 heteroatoms. The van der Waals surface area contributed by atoms with E-state index in [0.717, 1.165) is 47.8 Å². The van der Waals surface area contributed by atoms with Crippen LogP contribution in [0.4, 0.5) is 5.82 Å². The molecule has 0 bridgehead atoms. The molecule has 0 aliphatic heterocycles. The summed E-state index contributed by atoms with van der Waals surface area (Å²) in [5.74, 6) is 1.83. The average molecular weight is 285 g/mol. The zero-order chi connectivity index (χ0) is 15.1. The monoisotopic (exact) mass is 285 g/mol. The predicted molar refractivity (Wildman–Crippen MR) is 86.8 cm³/mol. The van der Waals surface area contributed by atoms with Crippen LogP contribution in [-0.4, -0.2) is 23.1 Å². The molecule has 0 saturated carbocycles. The topological polar surface area (TPSA) is 47.0 Å². The molecule has 0 spiro atoms. The van der Waals surface area contributed by atoms with Gasteiger partial charge in [-0.25, -0.2) is 9.97 Å². The lowest BCUT2D eigenvalue weighted by molar-refractivity contribution is 0.340. The number of nitrogens with zero attached hydrogens (tertiary/aromatic N) is 2. The van der Waals surface area contributed by atoms with Crippen LogP contribution < -0.4 is 10.1 Å². The van der Waals surface area contributed by atoms with E-state index in [1.807, 2.05) is 19.1 Å². The zero-order valence-electron chi connectivity index (χ0n) is 13.0. The summed E-state index contributed by atoms with van der Waals surface area (Å²) in [5.41, 5.74) is 3.25. The molecule has 1 aromatic heterocycles. The van der Waals surface area contributed by atoms with Gasteiger partial charge in [0.1, 0.15) is 17.9 Å². The molecular weight excluding hydrogens is 262 g/mol. The molecule has 0 radical (unpaired) electrons. The molecule has 21 heavy (non-hydrogen) atoms. The highest BCUT2D eigenvalue weighted by Gasteiger charge is 2.11. The van der Waals surface area contributed by atoms with E-state index in [2.05, 4.69) is 41.3 Å². The van der Waals surface area contributed by atoms with Crippen LogP contribution in [-0.2, 0) is 6.42 Å². The molecular formula is C17H23N3O. The number of hydrogen-bond donors (Lipinski definition) is 1. The summed E-state index contributed by atoms with van der Waals surface area (Å²) >= 11 is 0. The number of hydrogen-bond acceptors (Lipinski definition) is 4. The predicted octanol–water partition coefficient (Wildman–Crippen LogP) is 3.93. The Kier molecular flexibility index (Phi) is 5.55. The first kappa shape index (κ1) is 15.3. The molecule has 112 valence electrons. The Bertz CT molecular complexity index is 567. The fraction of sp³-hybridized carbons (Fsp3) is 0.412. The van der Waals surface area contributed by atoms with E-state index in [4.69, 9.17) is 4.74 Å². The number of ether oxygens (including phenoxy) is 1. The molecule has 4 nitrogen and oxygen atoms in total. The minimum Gasteiger partial charge on any atom is -0.494 e. The van der Waals surface area contributed by atoms with Gasteiger partial charge in [0.15, 0.2) is 0 Å². The van der Waals surface area contributed by atoms with Crippen molar-refractivity contribution in [2.24, 2.45) is 0 Å². The van der Waals surface area contributed by atoms with E-state index < -0.39 is 0 Å². The second-order valence-corrected chi connectivity index (χ2v) is 4.79. The number of anilines is 1. The van der Waals surface area contributed by atoms with Crippen LogP contribution in [0.15, 0.2) is 30.6 Å². The van der Waals surface area contributed by atoms with Gasteiger partial charge < -0.3 is 10.1 Å². The van der Waals surface area contributed by atoms with Gasteiger partial charge >= 0.3 is 0 Å². The molecule has 1 N–H and O–H groups in total. The quantitative estimate of drug-likeness (QED) is 0.837. The molecule has 0 amide bonds. The minimum atomic E-state index is 0.679. The molecule has 0 saturated heterocycles. The summed E-state index contributed by atoms with van der Waals surface area (Å²) in [6.07, 6.45) is 3.60. The fourth-order valence-electron chi connectivity index (χ4n) is 2.27. The van der Waals surface area contributed by atoms with E-state index in [1.165, 1.54) is 0 Å². The Morgan fingerprint density at radius 2 is 1.81 bits per heavy atom. The van der Waals surface area contributed by atoms with Crippen LogP contribution in [0.5, 0.6) is 5.75 Å². The average Bonchev–Trinajstić information content (AvgIpc) is 2.53. The first-order valence-corrected chi connectivity index (χ1v) is 7.61. The van der Waals surface area contributed by atoms with Crippen LogP contribution in [0.3, 0.4) is 0 Å². The Hall–Kier alpha value is -2.10. The first-order valence-electron chi connectivity index (χ1n) is 7.61. The molecule has 2 aromatic rings. The lowest BCUT2D eigenvalue weighted by Crippen LogP contribution is -2.07. The van der Waals surface area contributed by atoms with Gasteiger partial charge in [-0.1, -0.05) is 13.8 Å². The number of benzene rings is 1. The summed E-state index contributed by atoms with van der Waals surface area (Å²) in [4.78, 5) is 8.85. The van der Waals surface area contributed by atoms with Gasteiger partial charge in [0.05, 0.1) is 12.3 Å². The summed E-state index contributed by atoms with van der Waals surface area (Å²) in [5, 5.41) is 3.38. The molecule has 0 unspecified atom stereocenters. The van der Waals surface area contributed by atoms with Crippen molar-refractivity contribution in [2.45, 2.75) is 33.6 Å². The van der Waals surface area contributed by atoms with E-state index in [1.54, 1.807) is 6.33 Å². The minimum absolute atomic E-state index is 0.679. The molecule has 2 rings (SSSR count). The van der Waals surface area contributed by atoms with Crippen molar-refractivity contribution in [3.05, 3.63) is 36.2 Å². The maximum atomic E-state index is 5.49. The van der Waals surface area contributed by atoms with Crippen LogP contribution in [0, 0.1) is 0 Å². The van der Waals surface area contributed by atoms with Gasteiger partial charge in [0.2, 0.25) is 0 Å². The van der Waals surface area contributed by atoms with Crippen molar-refractivity contribution in [3.8, 4) is 17.0 Å². The van der Waals surface area contributed by atoms with Crippen molar-refractivity contribution < 1.29 is 4.74 Å². The van der Waals surface area contributed by atoms with Gasteiger partial charge in [-0.2, -0.15) is 0 Å². The van der Waals surface area contributed by atoms with Crippen molar-refractivity contribution in [2.75, 3.05) is 18.5 Å². The lowest BCUT2D eigenvalue weighted by atomic mass is 10.0. The molecule has 0 fully saturated rings. The van der Waals surface area contributed by atoms with E-state index in [9.17, 15) is 0 Å². The van der Waals surface area contributed by atoms with E-state index in [0.29, 0.717) is 6.61 Å². The van der Waals surface area contributed by atoms with Crippen molar-refractivity contribution in [1.29, 1.82) is 0 Å². The third-order valence-corrected chi connectivity index (χ3v) is 3.28. The number of rotatable bonds is 7. The third-order valence-electron chi connectivity index (χ3n) is 3.28. The first-order chi connectivity index (χ1) is 10.3. The molecule has 0 aliphatic carbocycles. The second-order valence-electron chi connectivity index (χ2n) is 4.79. The maximum absolute atomic E-state index is 5.49. The van der Waals surface area contributed by atoms with Crippen molar-refractivity contribution in [1.82, 2.24) is 9.97 Å². The Morgan fingerprint density at radius 3 is 2.43 bits per heavy atom. The normalized spacial score (nSPS) is 10.4. The highest BCUT2D eigenvalue weighted by atomic mass is 16.5. The SMILES string of the molecule is CCCNc1ncnc(-c2ccc(OCC)cc2)c1CC. The smallest absolute Gasteiger partial charge is 0.133 e. The van der Waals surface area contributed by atoms with E-state index in [-0.39, 0.29) is 0 Å². The van der Waals surface area contributed by atoms with Crippen LogP contribution >= 0.6 is 0 Å². The van der Waals surface area contributed by atoms with Gasteiger partial charge in [0, 0.05) is 17.7 Å². The maximum Gasteiger partial charge on any atom is 0.133 e. The highest BCUT2D eigenvalue weighted by molar-refractivity contribution is 5.68. The molecule has 1 aromatic carbocycles. The fourth-order valence-corrected chi connectivity index (χ4v) is 2.27. The Balaban J connectivity index is 2.33. The van der Waals surface area contributed by atoms with Crippen molar-refractivity contribution in [3.63, 3.8) is 0 Å². The third kappa shape index (κ3) is 3.72. The Morgan fingerprint density at radius 1 is 1.05 bits per heavy atom. The van der Waals surface area contributed by atoms with Crippen LogP contribution in [0.1, 0.15) is 32.8 Å². The van der Waals surface area contributed by atoms with Gasteiger partial charge in [-0.05, 0) is 44.0 Å². The number of nitrogens with one attached hydrogen (secondary N) is 1. The standard InChI is InChI=1S/C17H23N3O/c1-4-11-18-17-15(5-2)16(19-12-20-17)13-7-9-14(10-8-13)21-6-3/h7-10,12H,4-6,11H2,1-3H3,(H,18,19,20). The summed E-state index contributed by atoms with van der Waals surface area (Å²) in [6, 6.07) is 8.07. The molecule has 0 aliphatic rings. The van der Waals surface area contributed by atoms with Crippen LogP contribution in [0.2, 0.25) is 0 Å². The summed E-state index contributed by atoms with van der Waals surface area (Å²) in [6.45, 7) is 7.87. The molecule has 1 heterocycles. The zero-order valence-corrected chi connectivity index (χ0v) is 13.0. The largest absolute Gasteiger partial charge is 0.494 e. The summed E-state index contributed by atoms with van der Waals surface area (Å²) < 4.78 is 5.49. The highest BCUT2D eigenvalue weighted by Crippen LogP contribution is 2.27. The van der Waals surface area contributed by atoms with Crippen LogP contribution in [0.25, 0.3) is 11.3 Å². The lowest BCUT2D eigenvalue weighted by Gasteiger charge is -2.13. The van der Waals surface area contributed by atoms with Gasteiger partial charge in [-0.15, -0.1) is 0 Å². The van der Waals surface area contributed by atoms with Crippen molar-refractivity contribution >= 4 is 5.82 Å². The molecule has 0 atom stereocenters. The second kappa shape index (κ2) is 7.62.